The van der Waals surface area contributed by atoms with Crippen LogP contribution in [0.2, 0.25) is 0 Å². The summed E-state index contributed by atoms with van der Waals surface area (Å²) in [5.74, 6) is -1.74. The minimum atomic E-state index is -0.790. The summed E-state index contributed by atoms with van der Waals surface area (Å²) >= 11 is 0. The second-order valence-corrected chi connectivity index (χ2v) is 8.65. The van der Waals surface area contributed by atoms with E-state index in [1.54, 1.807) is 0 Å². The number of rotatable bonds is 8. The minimum absolute atomic E-state index is 0.174. The highest BCUT2D eigenvalue weighted by molar-refractivity contribution is 5.81. The van der Waals surface area contributed by atoms with Crippen LogP contribution >= 0.6 is 0 Å². The predicted molar refractivity (Wildman–Crippen MR) is 98.9 cm³/mol. The maximum Gasteiger partial charge on any atom is 0.252 e. The molecule has 3 aliphatic rings. The van der Waals surface area contributed by atoms with Gasteiger partial charge in [-0.15, -0.1) is 0 Å². The van der Waals surface area contributed by atoms with Gasteiger partial charge in [-0.2, -0.15) is 0 Å². The van der Waals surface area contributed by atoms with E-state index < -0.39 is 42.3 Å². The van der Waals surface area contributed by atoms with Crippen molar-refractivity contribution in [2.75, 3.05) is 6.54 Å². The van der Waals surface area contributed by atoms with Gasteiger partial charge in [0.05, 0.1) is 0 Å². The molecule has 5 atom stereocenters. The summed E-state index contributed by atoms with van der Waals surface area (Å²) in [4.78, 5) is 12.8. The van der Waals surface area contributed by atoms with Gasteiger partial charge < -0.3 is 29.0 Å². The van der Waals surface area contributed by atoms with Gasteiger partial charge in [-0.3, -0.25) is 4.79 Å². The Morgan fingerprint density at radius 3 is 2.15 bits per heavy atom. The number of hydrogen-bond donors (Lipinski definition) is 1. The second kappa shape index (κ2) is 8.33. The van der Waals surface area contributed by atoms with E-state index >= 15 is 0 Å². The van der Waals surface area contributed by atoms with Crippen molar-refractivity contribution in [2.24, 2.45) is 0 Å². The molecule has 3 fully saturated rings. The lowest BCUT2D eigenvalue weighted by atomic mass is 9.98. The van der Waals surface area contributed by atoms with Gasteiger partial charge in [0.25, 0.3) is 5.91 Å². The third-order valence-corrected chi connectivity index (χ3v) is 5.24. The molecule has 3 saturated heterocycles. The molecule has 3 heterocycles. The average molecular weight is 386 g/mol. The van der Waals surface area contributed by atoms with Crippen LogP contribution in [0.15, 0.2) is 0 Å². The molecule has 27 heavy (non-hydrogen) atoms. The second-order valence-electron chi connectivity index (χ2n) is 8.65. The Kier molecular flexibility index (Phi) is 6.48. The van der Waals surface area contributed by atoms with Crippen LogP contribution in [-0.4, -0.2) is 54.7 Å². The number of carbonyl (C=O) groups is 1. The number of ether oxygens (including phenoxy) is 5. The third kappa shape index (κ3) is 5.01. The molecule has 1 N–H and O–H groups in total. The van der Waals surface area contributed by atoms with E-state index in [1.165, 1.54) is 25.7 Å². The Hall–Kier alpha value is -0.730. The molecule has 0 aromatic carbocycles. The minimum Gasteiger partial charge on any atom is -0.354 e. The van der Waals surface area contributed by atoms with Crippen LogP contribution in [0, 0.1) is 0 Å². The first-order chi connectivity index (χ1) is 12.7. The summed E-state index contributed by atoms with van der Waals surface area (Å²) in [6.45, 7) is 10.2. The van der Waals surface area contributed by atoms with Gasteiger partial charge in [-0.05, 0) is 34.1 Å². The van der Waals surface area contributed by atoms with Crippen molar-refractivity contribution in [1.29, 1.82) is 0 Å². The maximum atomic E-state index is 12.8. The molecule has 0 aromatic heterocycles. The van der Waals surface area contributed by atoms with Gasteiger partial charge in [0.15, 0.2) is 24.0 Å². The topological polar surface area (TPSA) is 75.3 Å². The van der Waals surface area contributed by atoms with Crippen molar-refractivity contribution in [3.05, 3.63) is 0 Å². The predicted octanol–water partition coefficient (Wildman–Crippen LogP) is 2.86. The summed E-state index contributed by atoms with van der Waals surface area (Å²) < 4.78 is 29.8. The molecule has 7 nitrogen and oxygen atoms in total. The van der Waals surface area contributed by atoms with Crippen molar-refractivity contribution in [2.45, 2.75) is 115 Å². The Morgan fingerprint density at radius 1 is 0.815 bits per heavy atom. The molecule has 5 unspecified atom stereocenters. The first-order valence-electron chi connectivity index (χ1n) is 10.4. The van der Waals surface area contributed by atoms with E-state index in [-0.39, 0.29) is 5.91 Å². The number of nitrogens with one attached hydrogen (secondary N) is 1. The molecule has 0 aliphatic carbocycles. The number of fused-ring (bicyclic) bond motifs is 3. The zero-order valence-electron chi connectivity index (χ0n) is 17.3. The lowest BCUT2D eigenvalue weighted by Crippen LogP contribution is -2.59. The first kappa shape index (κ1) is 21.0. The van der Waals surface area contributed by atoms with E-state index in [0.717, 1.165) is 12.8 Å². The van der Waals surface area contributed by atoms with E-state index in [9.17, 15) is 4.79 Å². The molecule has 1 amide bonds. The Balaban J connectivity index is 1.55. The van der Waals surface area contributed by atoms with Crippen molar-refractivity contribution >= 4 is 5.91 Å². The number of amides is 1. The van der Waals surface area contributed by atoms with E-state index in [1.807, 2.05) is 27.7 Å². The van der Waals surface area contributed by atoms with E-state index in [4.69, 9.17) is 23.7 Å². The largest absolute Gasteiger partial charge is 0.354 e. The summed E-state index contributed by atoms with van der Waals surface area (Å²) in [6.07, 6.45) is 4.36. The smallest absolute Gasteiger partial charge is 0.252 e. The fraction of sp³-hybridized carbons (Fsp3) is 0.950. The summed E-state index contributed by atoms with van der Waals surface area (Å²) in [5.41, 5.74) is 0. The van der Waals surface area contributed by atoms with Crippen LogP contribution in [0.5, 0.6) is 0 Å². The average Bonchev–Trinajstić information content (AvgIpc) is 3.07. The maximum absolute atomic E-state index is 12.8. The van der Waals surface area contributed by atoms with Gasteiger partial charge in [0.2, 0.25) is 0 Å². The lowest BCUT2D eigenvalue weighted by Gasteiger charge is -2.36. The van der Waals surface area contributed by atoms with E-state index in [2.05, 4.69) is 12.2 Å². The molecule has 3 rings (SSSR count). The normalized spacial score (nSPS) is 36.3. The Morgan fingerprint density at radius 2 is 1.41 bits per heavy atom. The third-order valence-electron chi connectivity index (χ3n) is 5.24. The fourth-order valence-electron chi connectivity index (χ4n) is 4.04. The van der Waals surface area contributed by atoms with Crippen molar-refractivity contribution in [1.82, 2.24) is 5.32 Å². The quantitative estimate of drug-likeness (QED) is 0.648. The van der Waals surface area contributed by atoms with Gasteiger partial charge in [0.1, 0.15) is 18.3 Å². The molecule has 0 saturated carbocycles. The molecule has 0 aromatic rings. The number of unbranched alkanes of at least 4 members (excludes halogenated alkanes) is 5. The SMILES string of the molecule is CCCCCCCCNC(=O)C1OC2OC(C)(C)OC2C2OC(C)(C)OC12. The molecule has 7 heteroatoms. The standard InChI is InChI=1S/C20H35NO6/c1-6-7-8-9-10-11-12-21-17(22)15-13-14(25-19(2,3)24-13)16-18(23-15)27-20(4,5)26-16/h13-16,18H,6-12H2,1-5H3,(H,21,22). The zero-order chi connectivity index (χ0) is 19.7. The molecular formula is C20H35NO6. The van der Waals surface area contributed by atoms with E-state index in [0.29, 0.717) is 6.54 Å². The highest BCUT2D eigenvalue weighted by atomic mass is 16.9. The molecule has 0 spiro atoms. The van der Waals surface area contributed by atoms with Crippen LogP contribution in [0.25, 0.3) is 0 Å². The molecule has 0 radical (unpaired) electrons. The van der Waals surface area contributed by atoms with Crippen LogP contribution in [0.4, 0.5) is 0 Å². The first-order valence-corrected chi connectivity index (χ1v) is 10.4. The monoisotopic (exact) mass is 385 g/mol. The Labute approximate surface area is 162 Å². The van der Waals surface area contributed by atoms with Crippen LogP contribution in [0.1, 0.15) is 73.1 Å². The molecule has 156 valence electrons. The molecular weight excluding hydrogens is 350 g/mol. The van der Waals surface area contributed by atoms with Crippen molar-refractivity contribution < 1.29 is 28.5 Å². The number of hydrogen-bond acceptors (Lipinski definition) is 6. The summed E-state index contributed by atoms with van der Waals surface area (Å²) in [6, 6.07) is 0. The fourth-order valence-corrected chi connectivity index (χ4v) is 4.04. The molecule has 3 aliphatic heterocycles. The number of carbonyl (C=O) groups excluding carboxylic acids is 1. The molecule has 0 bridgehead atoms. The zero-order valence-corrected chi connectivity index (χ0v) is 17.3. The summed E-state index contributed by atoms with van der Waals surface area (Å²) in [7, 11) is 0. The highest BCUT2D eigenvalue weighted by Crippen LogP contribution is 2.44. The lowest BCUT2D eigenvalue weighted by molar-refractivity contribution is -0.231. The van der Waals surface area contributed by atoms with Crippen LogP contribution in [0.3, 0.4) is 0 Å². The van der Waals surface area contributed by atoms with Gasteiger partial charge >= 0.3 is 0 Å². The van der Waals surface area contributed by atoms with Crippen molar-refractivity contribution in [3.63, 3.8) is 0 Å². The highest BCUT2D eigenvalue weighted by Gasteiger charge is 2.62. The van der Waals surface area contributed by atoms with Gasteiger partial charge in [0, 0.05) is 6.54 Å². The Bertz CT molecular complexity index is 523. The summed E-state index contributed by atoms with van der Waals surface area (Å²) in [5, 5.41) is 2.99. The van der Waals surface area contributed by atoms with Gasteiger partial charge in [-0.1, -0.05) is 39.0 Å². The van der Waals surface area contributed by atoms with Crippen LogP contribution in [-0.2, 0) is 28.5 Å². The van der Waals surface area contributed by atoms with Crippen LogP contribution < -0.4 is 5.32 Å². The van der Waals surface area contributed by atoms with Gasteiger partial charge in [-0.25, -0.2) is 0 Å². The van der Waals surface area contributed by atoms with Crippen molar-refractivity contribution in [3.8, 4) is 0 Å².